The van der Waals surface area contributed by atoms with Gasteiger partial charge in [0.2, 0.25) is 5.91 Å². The predicted molar refractivity (Wildman–Crippen MR) is 85.3 cm³/mol. The van der Waals surface area contributed by atoms with E-state index < -0.39 is 5.91 Å². The molecule has 0 radical (unpaired) electrons. The maximum Gasteiger partial charge on any atom is 0.248 e. The Bertz CT molecular complexity index is 474. The van der Waals surface area contributed by atoms with Gasteiger partial charge >= 0.3 is 0 Å². The van der Waals surface area contributed by atoms with Crippen LogP contribution >= 0.6 is 11.6 Å². The maximum absolute atomic E-state index is 11.2. The molecule has 4 nitrogen and oxygen atoms in total. The van der Waals surface area contributed by atoms with E-state index in [4.69, 9.17) is 23.1 Å². The van der Waals surface area contributed by atoms with E-state index >= 15 is 0 Å². The lowest BCUT2D eigenvalue weighted by molar-refractivity contribution is 0.100. The quantitative estimate of drug-likeness (QED) is 0.812. The number of benzene rings is 1. The first-order valence-electron chi connectivity index (χ1n) is 6.85. The van der Waals surface area contributed by atoms with Gasteiger partial charge in [-0.25, -0.2) is 0 Å². The summed E-state index contributed by atoms with van der Waals surface area (Å²) < 4.78 is 0. The lowest BCUT2D eigenvalue weighted by atomic mass is 9.92. The highest BCUT2D eigenvalue weighted by atomic mass is 35.5. The highest BCUT2D eigenvalue weighted by molar-refractivity contribution is 6.33. The normalized spacial score (nSPS) is 11.4. The fraction of sp³-hybridized carbons (Fsp3) is 0.533. The van der Waals surface area contributed by atoms with Crippen molar-refractivity contribution < 1.29 is 4.79 Å². The number of nitrogens with two attached hydrogens (primary N) is 2. The first-order valence-corrected chi connectivity index (χ1v) is 7.23. The molecular weight excluding hydrogens is 274 g/mol. The van der Waals surface area contributed by atoms with Crippen molar-refractivity contribution in [3.8, 4) is 0 Å². The summed E-state index contributed by atoms with van der Waals surface area (Å²) in [6.45, 7) is 8.67. The predicted octanol–water partition coefficient (Wildman–Crippen LogP) is 2.64. The summed E-state index contributed by atoms with van der Waals surface area (Å²) in [6.07, 6.45) is 1.01. The minimum absolute atomic E-state index is 0.000850. The zero-order valence-electron chi connectivity index (χ0n) is 12.4. The number of halogens is 1. The number of hydrogen-bond acceptors (Lipinski definition) is 3. The van der Waals surface area contributed by atoms with Gasteiger partial charge in [-0.05, 0) is 36.6 Å². The molecule has 0 aliphatic rings. The van der Waals surface area contributed by atoms with Crippen LogP contribution in [0.2, 0.25) is 5.02 Å². The van der Waals surface area contributed by atoms with Gasteiger partial charge in [0.25, 0.3) is 0 Å². The summed E-state index contributed by atoms with van der Waals surface area (Å²) in [5, 5.41) is 0.544. The highest BCUT2D eigenvalue weighted by Gasteiger charge is 2.21. The molecule has 20 heavy (non-hydrogen) atoms. The molecule has 1 aromatic carbocycles. The molecule has 0 heterocycles. The van der Waals surface area contributed by atoms with Gasteiger partial charge < -0.3 is 16.4 Å². The van der Waals surface area contributed by atoms with E-state index in [-0.39, 0.29) is 5.41 Å². The molecule has 0 aliphatic carbocycles. The van der Waals surface area contributed by atoms with Crippen molar-refractivity contribution in [2.24, 2.45) is 16.9 Å². The van der Waals surface area contributed by atoms with Crippen molar-refractivity contribution in [1.29, 1.82) is 0 Å². The number of nitrogens with zero attached hydrogens (tertiary/aromatic N) is 1. The van der Waals surface area contributed by atoms with Gasteiger partial charge in [-0.3, -0.25) is 4.79 Å². The average Bonchev–Trinajstić information content (AvgIpc) is 2.38. The summed E-state index contributed by atoms with van der Waals surface area (Å²) in [5.41, 5.74) is 12.4. The summed E-state index contributed by atoms with van der Waals surface area (Å²) in [5.74, 6) is -0.470. The molecule has 0 fully saturated rings. The lowest BCUT2D eigenvalue weighted by Crippen LogP contribution is -2.39. The van der Waals surface area contributed by atoms with Crippen LogP contribution in [0, 0.1) is 5.41 Å². The van der Waals surface area contributed by atoms with Crippen LogP contribution in [0.25, 0.3) is 0 Å². The van der Waals surface area contributed by atoms with Gasteiger partial charge in [-0.2, -0.15) is 0 Å². The van der Waals surface area contributed by atoms with E-state index in [9.17, 15) is 4.79 Å². The first-order chi connectivity index (χ1) is 9.30. The second kappa shape index (κ2) is 6.95. The molecule has 1 rings (SSSR count). The molecule has 0 unspecified atom stereocenters. The molecule has 0 atom stereocenters. The minimum Gasteiger partial charge on any atom is -0.370 e. The third-order valence-corrected chi connectivity index (χ3v) is 3.54. The Morgan fingerprint density at radius 2 is 2.05 bits per heavy atom. The molecule has 0 saturated carbocycles. The molecular formula is C15H24ClN3O. The Kier molecular flexibility index (Phi) is 5.84. The van der Waals surface area contributed by atoms with Gasteiger partial charge in [-0.15, -0.1) is 0 Å². The van der Waals surface area contributed by atoms with E-state index in [1.54, 1.807) is 12.1 Å². The minimum atomic E-state index is -0.470. The van der Waals surface area contributed by atoms with E-state index in [1.807, 2.05) is 6.07 Å². The Balaban J connectivity index is 3.06. The van der Waals surface area contributed by atoms with Crippen LogP contribution < -0.4 is 16.4 Å². The van der Waals surface area contributed by atoms with E-state index in [1.165, 1.54) is 0 Å². The third-order valence-electron chi connectivity index (χ3n) is 3.24. The summed E-state index contributed by atoms with van der Waals surface area (Å²) >= 11 is 6.30. The number of anilines is 1. The van der Waals surface area contributed by atoms with Crippen LogP contribution in [0.15, 0.2) is 18.2 Å². The zero-order chi connectivity index (χ0) is 15.3. The van der Waals surface area contributed by atoms with Crippen LogP contribution in [0.5, 0.6) is 0 Å². The van der Waals surface area contributed by atoms with Crippen molar-refractivity contribution in [3.63, 3.8) is 0 Å². The fourth-order valence-electron chi connectivity index (χ4n) is 2.05. The van der Waals surface area contributed by atoms with E-state index in [0.717, 1.165) is 25.2 Å². The van der Waals surface area contributed by atoms with E-state index in [0.29, 0.717) is 17.1 Å². The Hall–Kier alpha value is -1.26. The van der Waals surface area contributed by atoms with Crippen molar-refractivity contribution in [2.75, 3.05) is 24.5 Å². The van der Waals surface area contributed by atoms with Crippen molar-refractivity contribution >= 4 is 23.2 Å². The summed E-state index contributed by atoms with van der Waals surface area (Å²) in [6, 6.07) is 5.18. The van der Waals surface area contributed by atoms with Gasteiger partial charge in [0.05, 0.1) is 10.7 Å². The van der Waals surface area contributed by atoms with Crippen molar-refractivity contribution in [3.05, 3.63) is 28.8 Å². The van der Waals surface area contributed by atoms with Crippen LogP contribution in [0.4, 0.5) is 5.69 Å². The maximum atomic E-state index is 11.2. The standard InChI is InChI=1S/C15H24ClN3O/c1-4-7-19(10-15(2,3)9-17)13-6-5-11(14(18)20)8-12(13)16/h5-6,8H,4,7,9-10,17H2,1-3H3,(H2,18,20). The third kappa shape index (κ3) is 4.39. The highest BCUT2D eigenvalue weighted by Crippen LogP contribution is 2.29. The summed E-state index contributed by atoms with van der Waals surface area (Å²) in [7, 11) is 0. The molecule has 0 bridgehead atoms. The monoisotopic (exact) mass is 297 g/mol. The van der Waals surface area contributed by atoms with Gasteiger partial charge in [0.1, 0.15) is 0 Å². The molecule has 0 spiro atoms. The van der Waals surface area contributed by atoms with Crippen LogP contribution in [-0.4, -0.2) is 25.5 Å². The Morgan fingerprint density at radius 3 is 2.50 bits per heavy atom. The Morgan fingerprint density at radius 1 is 1.40 bits per heavy atom. The van der Waals surface area contributed by atoms with Gasteiger partial charge in [-0.1, -0.05) is 32.4 Å². The molecule has 5 heteroatoms. The number of primary amides is 1. The van der Waals surface area contributed by atoms with Gasteiger partial charge in [0.15, 0.2) is 0 Å². The van der Waals surface area contributed by atoms with Crippen molar-refractivity contribution in [1.82, 2.24) is 0 Å². The van der Waals surface area contributed by atoms with E-state index in [2.05, 4.69) is 25.7 Å². The fourth-order valence-corrected chi connectivity index (χ4v) is 2.35. The molecule has 0 saturated heterocycles. The van der Waals surface area contributed by atoms with Crippen LogP contribution in [0.3, 0.4) is 0 Å². The number of hydrogen-bond donors (Lipinski definition) is 2. The molecule has 1 aromatic rings. The SMILES string of the molecule is CCCN(CC(C)(C)CN)c1ccc(C(N)=O)cc1Cl. The van der Waals surface area contributed by atoms with Crippen LogP contribution in [0.1, 0.15) is 37.6 Å². The number of amides is 1. The topological polar surface area (TPSA) is 72.3 Å². The Labute approximate surface area is 126 Å². The second-order valence-electron chi connectivity index (χ2n) is 5.82. The van der Waals surface area contributed by atoms with Gasteiger partial charge in [0, 0.05) is 18.7 Å². The average molecular weight is 298 g/mol. The first kappa shape index (κ1) is 16.8. The zero-order valence-corrected chi connectivity index (χ0v) is 13.2. The lowest BCUT2D eigenvalue weighted by Gasteiger charge is -2.34. The molecule has 4 N–H and O–H groups in total. The van der Waals surface area contributed by atoms with Crippen LogP contribution in [-0.2, 0) is 0 Å². The molecule has 112 valence electrons. The largest absolute Gasteiger partial charge is 0.370 e. The smallest absolute Gasteiger partial charge is 0.248 e. The number of carbonyl (C=O) groups excluding carboxylic acids is 1. The number of rotatable bonds is 7. The van der Waals surface area contributed by atoms with Crippen molar-refractivity contribution in [2.45, 2.75) is 27.2 Å². The molecule has 0 aliphatic heterocycles. The molecule has 1 amide bonds. The number of carbonyl (C=O) groups is 1. The second-order valence-corrected chi connectivity index (χ2v) is 6.23. The summed E-state index contributed by atoms with van der Waals surface area (Å²) in [4.78, 5) is 13.4. The molecule has 0 aromatic heterocycles.